The molecule has 0 spiro atoms. The van der Waals surface area contributed by atoms with Gasteiger partial charge < -0.3 is 14.7 Å². The van der Waals surface area contributed by atoms with E-state index in [1.807, 2.05) is 6.07 Å². The van der Waals surface area contributed by atoms with Crippen molar-refractivity contribution in [2.45, 2.75) is 26.0 Å². The average Bonchev–Trinajstić information content (AvgIpc) is 2.44. The lowest BCUT2D eigenvalue weighted by Crippen LogP contribution is -2.44. The highest BCUT2D eigenvalue weighted by Crippen LogP contribution is 2.15. The van der Waals surface area contributed by atoms with Gasteiger partial charge in [0.2, 0.25) is 0 Å². The maximum absolute atomic E-state index is 12.0. The molecular formula is C14H18N2O3. The van der Waals surface area contributed by atoms with Gasteiger partial charge in [0.15, 0.2) is 6.10 Å². The second-order valence-corrected chi connectivity index (χ2v) is 4.38. The van der Waals surface area contributed by atoms with Crippen molar-refractivity contribution in [3.63, 3.8) is 0 Å². The number of ether oxygens (including phenoxy) is 1. The lowest BCUT2D eigenvalue weighted by Gasteiger charge is -2.26. The van der Waals surface area contributed by atoms with Crippen molar-refractivity contribution < 1.29 is 14.6 Å². The molecule has 1 rings (SSSR count). The molecule has 0 radical (unpaired) electrons. The van der Waals surface area contributed by atoms with Gasteiger partial charge in [0, 0.05) is 7.05 Å². The van der Waals surface area contributed by atoms with E-state index in [1.165, 1.54) is 4.90 Å². The van der Waals surface area contributed by atoms with Gasteiger partial charge in [0.05, 0.1) is 24.3 Å². The highest BCUT2D eigenvalue weighted by Gasteiger charge is 2.22. The molecule has 0 aliphatic heterocycles. The molecule has 102 valence electrons. The summed E-state index contributed by atoms with van der Waals surface area (Å²) in [6, 6.07) is 8.39. The van der Waals surface area contributed by atoms with Gasteiger partial charge in [-0.15, -0.1) is 0 Å². The van der Waals surface area contributed by atoms with Crippen LogP contribution in [0.3, 0.4) is 0 Å². The van der Waals surface area contributed by atoms with Gasteiger partial charge in [-0.25, -0.2) is 0 Å². The number of nitriles is 1. The number of benzene rings is 1. The first-order valence-corrected chi connectivity index (χ1v) is 6.04. The number of hydrogen-bond acceptors (Lipinski definition) is 4. The first-order valence-electron chi connectivity index (χ1n) is 6.04. The van der Waals surface area contributed by atoms with Gasteiger partial charge in [-0.1, -0.05) is 6.07 Å². The largest absolute Gasteiger partial charge is 0.481 e. The maximum Gasteiger partial charge on any atom is 0.263 e. The Morgan fingerprint density at radius 2 is 2.21 bits per heavy atom. The topological polar surface area (TPSA) is 73.6 Å². The van der Waals surface area contributed by atoms with Crippen molar-refractivity contribution in [1.29, 1.82) is 5.26 Å². The monoisotopic (exact) mass is 262 g/mol. The number of aliphatic hydroxyl groups excluding tert-OH is 1. The second kappa shape index (κ2) is 6.76. The number of carbonyl (C=O) groups excluding carboxylic acids is 1. The Bertz CT molecular complexity index is 482. The Morgan fingerprint density at radius 3 is 2.79 bits per heavy atom. The summed E-state index contributed by atoms with van der Waals surface area (Å²) in [5, 5.41) is 17.8. The van der Waals surface area contributed by atoms with Crippen LogP contribution in [0, 0.1) is 11.3 Å². The molecule has 5 nitrogen and oxygen atoms in total. The summed E-state index contributed by atoms with van der Waals surface area (Å²) < 4.78 is 5.51. The fourth-order valence-corrected chi connectivity index (χ4v) is 1.52. The van der Waals surface area contributed by atoms with E-state index in [2.05, 4.69) is 0 Å². The third-order valence-electron chi connectivity index (χ3n) is 2.90. The smallest absolute Gasteiger partial charge is 0.263 e. The van der Waals surface area contributed by atoms with E-state index < -0.39 is 6.10 Å². The fraction of sp³-hybridized carbons (Fsp3) is 0.429. The molecule has 0 saturated carbocycles. The Balaban J connectivity index is 2.71. The summed E-state index contributed by atoms with van der Waals surface area (Å²) in [6.45, 7) is 3.29. The zero-order valence-electron chi connectivity index (χ0n) is 11.3. The first kappa shape index (κ1) is 15.0. The van der Waals surface area contributed by atoms with Crippen LogP contribution in [0.1, 0.15) is 19.4 Å². The molecule has 5 heteroatoms. The predicted octanol–water partition coefficient (Wildman–Crippen LogP) is 1.16. The number of rotatable bonds is 5. The zero-order chi connectivity index (χ0) is 14.4. The molecule has 0 aromatic heterocycles. The molecular weight excluding hydrogens is 244 g/mol. The molecule has 0 fully saturated rings. The molecule has 0 bridgehead atoms. The van der Waals surface area contributed by atoms with Gasteiger partial charge in [-0.3, -0.25) is 4.79 Å². The van der Waals surface area contributed by atoms with Crippen molar-refractivity contribution >= 4 is 5.91 Å². The Kier molecular flexibility index (Phi) is 5.34. The molecule has 1 N–H and O–H groups in total. The molecule has 0 heterocycles. The second-order valence-electron chi connectivity index (χ2n) is 4.38. The summed E-state index contributed by atoms with van der Waals surface area (Å²) in [7, 11) is 1.62. The minimum atomic E-state index is -0.673. The third kappa shape index (κ3) is 3.97. The Morgan fingerprint density at radius 1 is 1.53 bits per heavy atom. The number of hydrogen-bond donors (Lipinski definition) is 1. The SMILES string of the molecule is C[C@H](Oc1cccc(C#N)c1)C(=O)N(C)[C@@H](C)CO. The van der Waals surface area contributed by atoms with Crippen LogP contribution in [0.25, 0.3) is 0 Å². The van der Waals surface area contributed by atoms with Crippen LogP contribution in [0.5, 0.6) is 5.75 Å². The van der Waals surface area contributed by atoms with Crippen molar-refractivity contribution in [3.8, 4) is 11.8 Å². The molecule has 0 aliphatic carbocycles. The van der Waals surface area contributed by atoms with Crippen LogP contribution >= 0.6 is 0 Å². The number of likely N-dealkylation sites (N-methyl/N-ethyl adjacent to an activating group) is 1. The van der Waals surface area contributed by atoms with Crippen molar-refractivity contribution in [2.24, 2.45) is 0 Å². The Hall–Kier alpha value is -2.06. The average molecular weight is 262 g/mol. The van der Waals surface area contributed by atoms with Gasteiger partial charge in [-0.2, -0.15) is 5.26 Å². The normalized spacial score (nSPS) is 13.2. The summed E-state index contributed by atoms with van der Waals surface area (Å²) in [6.07, 6.45) is -0.673. The number of amides is 1. The van der Waals surface area contributed by atoms with Crippen LogP contribution in [0.15, 0.2) is 24.3 Å². The maximum atomic E-state index is 12.0. The predicted molar refractivity (Wildman–Crippen MR) is 70.6 cm³/mol. The van der Waals surface area contributed by atoms with Crippen LogP contribution < -0.4 is 4.74 Å². The van der Waals surface area contributed by atoms with Crippen molar-refractivity contribution in [3.05, 3.63) is 29.8 Å². The fourth-order valence-electron chi connectivity index (χ4n) is 1.52. The number of carbonyl (C=O) groups is 1. The summed E-state index contributed by atoms with van der Waals surface area (Å²) >= 11 is 0. The highest BCUT2D eigenvalue weighted by atomic mass is 16.5. The standard InChI is InChI=1S/C14H18N2O3/c1-10(9-17)16(3)14(18)11(2)19-13-6-4-5-12(7-13)8-15/h4-7,10-11,17H,9H2,1-3H3/t10-,11-/m0/s1. The quantitative estimate of drug-likeness (QED) is 0.864. The van der Waals surface area contributed by atoms with Gasteiger partial charge in [-0.05, 0) is 32.0 Å². The van der Waals surface area contributed by atoms with Gasteiger partial charge in [0.25, 0.3) is 5.91 Å². The zero-order valence-corrected chi connectivity index (χ0v) is 11.3. The molecule has 2 atom stereocenters. The van der Waals surface area contributed by atoms with Crippen molar-refractivity contribution in [2.75, 3.05) is 13.7 Å². The van der Waals surface area contributed by atoms with Crippen LogP contribution in [0.2, 0.25) is 0 Å². The van der Waals surface area contributed by atoms with E-state index in [4.69, 9.17) is 15.1 Å². The van der Waals surface area contributed by atoms with Gasteiger partial charge >= 0.3 is 0 Å². The van der Waals surface area contributed by atoms with E-state index in [0.717, 1.165) is 0 Å². The van der Waals surface area contributed by atoms with E-state index in [1.54, 1.807) is 45.2 Å². The van der Waals surface area contributed by atoms with Gasteiger partial charge in [0.1, 0.15) is 5.75 Å². The molecule has 0 saturated heterocycles. The summed E-state index contributed by atoms with van der Waals surface area (Å²) in [5.41, 5.74) is 0.481. The van der Waals surface area contributed by atoms with Crippen molar-refractivity contribution in [1.82, 2.24) is 4.90 Å². The Labute approximate surface area is 113 Å². The minimum absolute atomic E-state index is 0.0983. The third-order valence-corrected chi connectivity index (χ3v) is 2.90. The van der Waals surface area contributed by atoms with E-state index in [-0.39, 0.29) is 18.6 Å². The van der Waals surface area contributed by atoms with E-state index in [9.17, 15) is 4.79 Å². The number of aliphatic hydroxyl groups is 1. The van der Waals surface area contributed by atoms with Crippen LogP contribution in [0.4, 0.5) is 0 Å². The molecule has 0 unspecified atom stereocenters. The first-order chi connectivity index (χ1) is 8.99. The summed E-state index contributed by atoms with van der Waals surface area (Å²) in [4.78, 5) is 13.5. The lowest BCUT2D eigenvalue weighted by atomic mass is 10.2. The molecule has 19 heavy (non-hydrogen) atoms. The van der Waals surface area contributed by atoms with E-state index in [0.29, 0.717) is 11.3 Å². The molecule has 1 amide bonds. The summed E-state index contributed by atoms with van der Waals surface area (Å²) in [5.74, 6) is 0.258. The van der Waals surface area contributed by atoms with Crippen LogP contribution in [-0.2, 0) is 4.79 Å². The minimum Gasteiger partial charge on any atom is -0.481 e. The number of nitrogens with zero attached hydrogens (tertiary/aromatic N) is 2. The highest BCUT2D eigenvalue weighted by molar-refractivity contribution is 5.80. The molecule has 0 aliphatic rings. The molecule has 1 aromatic rings. The molecule has 1 aromatic carbocycles. The lowest BCUT2D eigenvalue weighted by molar-refractivity contribution is -0.139. The van der Waals surface area contributed by atoms with Crippen LogP contribution in [-0.4, -0.2) is 41.7 Å². The van der Waals surface area contributed by atoms with E-state index >= 15 is 0 Å².